The molecule has 2 N–H and O–H groups in total. The second kappa shape index (κ2) is 5.17. The number of phenols is 1. The van der Waals surface area contributed by atoms with Gasteiger partial charge in [0, 0.05) is 5.92 Å². The SMILES string of the molecule is C=CC(c1cccc(O)c1)C1CCCNC1. The molecule has 2 rings (SSSR count). The minimum atomic E-state index is 0.341. The average molecular weight is 217 g/mol. The molecule has 0 bridgehead atoms. The summed E-state index contributed by atoms with van der Waals surface area (Å²) < 4.78 is 0. The predicted octanol–water partition coefficient (Wildman–Crippen LogP) is 2.66. The third-order valence-corrected chi connectivity index (χ3v) is 3.35. The van der Waals surface area contributed by atoms with Crippen LogP contribution in [0.2, 0.25) is 0 Å². The van der Waals surface area contributed by atoms with E-state index >= 15 is 0 Å². The number of piperidine rings is 1. The van der Waals surface area contributed by atoms with E-state index in [0.29, 0.717) is 17.6 Å². The molecule has 0 aliphatic carbocycles. The van der Waals surface area contributed by atoms with E-state index in [1.54, 1.807) is 6.07 Å². The summed E-state index contributed by atoms with van der Waals surface area (Å²) in [4.78, 5) is 0. The van der Waals surface area contributed by atoms with Gasteiger partial charge in [0.2, 0.25) is 0 Å². The zero-order valence-corrected chi connectivity index (χ0v) is 9.52. The normalized spacial score (nSPS) is 22.6. The second-order valence-electron chi connectivity index (χ2n) is 4.46. The van der Waals surface area contributed by atoms with E-state index in [1.807, 2.05) is 18.2 Å². The molecule has 1 fully saturated rings. The number of allylic oxidation sites excluding steroid dienone is 1. The summed E-state index contributed by atoms with van der Waals surface area (Å²) in [6.07, 6.45) is 4.47. The highest BCUT2D eigenvalue weighted by Gasteiger charge is 2.22. The van der Waals surface area contributed by atoms with Crippen LogP contribution >= 0.6 is 0 Å². The van der Waals surface area contributed by atoms with Crippen LogP contribution in [0.4, 0.5) is 0 Å². The van der Waals surface area contributed by atoms with E-state index in [0.717, 1.165) is 13.1 Å². The number of benzene rings is 1. The van der Waals surface area contributed by atoms with Crippen molar-refractivity contribution in [3.05, 3.63) is 42.5 Å². The maximum Gasteiger partial charge on any atom is 0.115 e. The Bertz CT molecular complexity index is 356. The standard InChI is InChI=1S/C14H19NO/c1-2-14(12-6-4-8-15-10-12)11-5-3-7-13(16)9-11/h2-3,5,7,9,12,14-16H,1,4,6,8,10H2. The Morgan fingerprint density at radius 2 is 2.38 bits per heavy atom. The topological polar surface area (TPSA) is 32.3 Å². The van der Waals surface area contributed by atoms with Crippen LogP contribution in [0.15, 0.2) is 36.9 Å². The number of nitrogens with one attached hydrogen (secondary N) is 1. The van der Waals surface area contributed by atoms with E-state index in [-0.39, 0.29) is 0 Å². The maximum absolute atomic E-state index is 9.51. The summed E-state index contributed by atoms with van der Waals surface area (Å²) in [5.41, 5.74) is 1.17. The number of aromatic hydroxyl groups is 1. The van der Waals surface area contributed by atoms with Gasteiger partial charge in [0.25, 0.3) is 0 Å². The van der Waals surface area contributed by atoms with Gasteiger partial charge in [0.1, 0.15) is 5.75 Å². The van der Waals surface area contributed by atoms with Gasteiger partial charge in [-0.25, -0.2) is 0 Å². The van der Waals surface area contributed by atoms with Crippen LogP contribution in [0.25, 0.3) is 0 Å². The first-order valence-corrected chi connectivity index (χ1v) is 5.93. The molecular formula is C14H19NO. The summed E-state index contributed by atoms with van der Waals surface area (Å²) >= 11 is 0. The zero-order chi connectivity index (χ0) is 11.4. The largest absolute Gasteiger partial charge is 0.508 e. The highest BCUT2D eigenvalue weighted by atomic mass is 16.3. The quantitative estimate of drug-likeness (QED) is 0.763. The minimum absolute atomic E-state index is 0.341. The number of hydrogen-bond acceptors (Lipinski definition) is 2. The first-order chi connectivity index (χ1) is 7.81. The monoisotopic (exact) mass is 217 g/mol. The lowest BCUT2D eigenvalue weighted by Gasteiger charge is -2.29. The molecule has 2 heteroatoms. The van der Waals surface area contributed by atoms with Crippen LogP contribution in [-0.2, 0) is 0 Å². The van der Waals surface area contributed by atoms with Crippen molar-refractivity contribution in [2.75, 3.05) is 13.1 Å². The van der Waals surface area contributed by atoms with Crippen molar-refractivity contribution in [3.63, 3.8) is 0 Å². The summed E-state index contributed by atoms with van der Waals surface area (Å²) in [6, 6.07) is 7.53. The fraction of sp³-hybridized carbons (Fsp3) is 0.429. The highest BCUT2D eigenvalue weighted by Crippen LogP contribution is 2.31. The number of phenolic OH excluding ortho intramolecular Hbond substituents is 1. The van der Waals surface area contributed by atoms with Gasteiger partial charge in [-0.05, 0) is 49.5 Å². The average Bonchev–Trinajstić information content (AvgIpc) is 2.31. The summed E-state index contributed by atoms with van der Waals surface area (Å²) in [5.74, 6) is 1.29. The van der Waals surface area contributed by atoms with Crippen molar-refractivity contribution >= 4 is 0 Å². The predicted molar refractivity (Wildman–Crippen MR) is 66.6 cm³/mol. The lowest BCUT2D eigenvalue weighted by Crippen LogP contribution is -2.32. The van der Waals surface area contributed by atoms with Crippen LogP contribution in [0, 0.1) is 5.92 Å². The third kappa shape index (κ3) is 2.45. The fourth-order valence-corrected chi connectivity index (χ4v) is 2.52. The Balaban J connectivity index is 2.17. The van der Waals surface area contributed by atoms with Crippen molar-refractivity contribution in [3.8, 4) is 5.75 Å². The molecule has 1 heterocycles. The summed E-state index contributed by atoms with van der Waals surface area (Å²) in [6.45, 7) is 6.11. The molecule has 1 aromatic rings. The molecule has 0 spiro atoms. The molecule has 2 nitrogen and oxygen atoms in total. The molecule has 0 radical (unpaired) electrons. The van der Waals surface area contributed by atoms with Gasteiger partial charge in [-0.15, -0.1) is 6.58 Å². The smallest absolute Gasteiger partial charge is 0.115 e. The minimum Gasteiger partial charge on any atom is -0.508 e. The highest BCUT2D eigenvalue weighted by molar-refractivity contribution is 5.32. The molecule has 0 amide bonds. The van der Waals surface area contributed by atoms with Gasteiger partial charge >= 0.3 is 0 Å². The number of rotatable bonds is 3. The van der Waals surface area contributed by atoms with E-state index < -0.39 is 0 Å². The lowest BCUT2D eigenvalue weighted by atomic mass is 9.81. The van der Waals surface area contributed by atoms with Gasteiger partial charge in [0.05, 0.1) is 0 Å². The van der Waals surface area contributed by atoms with Crippen LogP contribution < -0.4 is 5.32 Å². The van der Waals surface area contributed by atoms with Crippen molar-refractivity contribution in [1.82, 2.24) is 5.32 Å². The van der Waals surface area contributed by atoms with Crippen LogP contribution in [0.5, 0.6) is 5.75 Å². The molecule has 1 aliphatic heterocycles. The third-order valence-electron chi connectivity index (χ3n) is 3.35. The summed E-state index contributed by atoms with van der Waals surface area (Å²) in [7, 11) is 0. The zero-order valence-electron chi connectivity index (χ0n) is 9.52. The van der Waals surface area contributed by atoms with E-state index in [9.17, 15) is 5.11 Å². The maximum atomic E-state index is 9.51. The van der Waals surface area contributed by atoms with E-state index in [2.05, 4.69) is 18.0 Å². The fourth-order valence-electron chi connectivity index (χ4n) is 2.52. The molecule has 16 heavy (non-hydrogen) atoms. The van der Waals surface area contributed by atoms with E-state index in [1.165, 1.54) is 18.4 Å². The van der Waals surface area contributed by atoms with Crippen LogP contribution in [0.1, 0.15) is 24.3 Å². The Labute approximate surface area is 97.0 Å². The molecule has 86 valence electrons. The van der Waals surface area contributed by atoms with E-state index in [4.69, 9.17) is 0 Å². The first kappa shape index (κ1) is 11.2. The van der Waals surface area contributed by atoms with Crippen LogP contribution in [-0.4, -0.2) is 18.2 Å². The van der Waals surface area contributed by atoms with Gasteiger partial charge in [-0.2, -0.15) is 0 Å². The van der Waals surface area contributed by atoms with Gasteiger partial charge in [-0.3, -0.25) is 0 Å². The molecule has 1 aromatic carbocycles. The molecule has 2 unspecified atom stereocenters. The Hall–Kier alpha value is -1.28. The van der Waals surface area contributed by atoms with Gasteiger partial charge in [-0.1, -0.05) is 18.2 Å². The molecule has 1 saturated heterocycles. The van der Waals surface area contributed by atoms with Crippen LogP contribution in [0.3, 0.4) is 0 Å². The Kier molecular flexibility index (Phi) is 3.62. The summed E-state index contributed by atoms with van der Waals surface area (Å²) in [5, 5.41) is 12.9. The molecular weight excluding hydrogens is 198 g/mol. The van der Waals surface area contributed by atoms with Crippen molar-refractivity contribution in [1.29, 1.82) is 0 Å². The van der Waals surface area contributed by atoms with Gasteiger partial charge < -0.3 is 10.4 Å². The number of hydrogen-bond donors (Lipinski definition) is 2. The molecule has 0 aromatic heterocycles. The van der Waals surface area contributed by atoms with Gasteiger partial charge in [0.15, 0.2) is 0 Å². The molecule has 1 aliphatic rings. The second-order valence-corrected chi connectivity index (χ2v) is 4.46. The lowest BCUT2D eigenvalue weighted by molar-refractivity contribution is 0.350. The molecule has 2 atom stereocenters. The Morgan fingerprint density at radius 3 is 3.00 bits per heavy atom. The molecule has 0 saturated carbocycles. The Morgan fingerprint density at radius 1 is 1.50 bits per heavy atom. The van der Waals surface area contributed by atoms with Crippen molar-refractivity contribution in [2.24, 2.45) is 5.92 Å². The van der Waals surface area contributed by atoms with Crippen molar-refractivity contribution < 1.29 is 5.11 Å². The van der Waals surface area contributed by atoms with Crippen molar-refractivity contribution in [2.45, 2.75) is 18.8 Å². The first-order valence-electron chi connectivity index (χ1n) is 5.93.